The van der Waals surface area contributed by atoms with Gasteiger partial charge in [0.25, 0.3) is 0 Å². The van der Waals surface area contributed by atoms with E-state index in [0.717, 1.165) is 12.8 Å². The highest BCUT2D eigenvalue weighted by atomic mass is 32.2. The predicted molar refractivity (Wildman–Crippen MR) is 86.8 cm³/mol. The number of nitrogens with zero attached hydrogens (tertiary/aromatic N) is 1. The monoisotopic (exact) mass is 359 g/mol. The molecule has 1 saturated heterocycles. The van der Waals surface area contributed by atoms with Crippen LogP contribution in [-0.2, 0) is 19.9 Å². The Bertz CT molecular complexity index is 812. The van der Waals surface area contributed by atoms with Crippen molar-refractivity contribution in [3.63, 3.8) is 0 Å². The van der Waals surface area contributed by atoms with Crippen LogP contribution in [0.3, 0.4) is 0 Å². The van der Waals surface area contributed by atoms with Crippen molar-refractivity contribution < 1.29 is 21.6 Å². The van der Waals surface area contributed by atoms with Crippen molar-refractivity contribution in [3.8, 4) is 5.75 Å². The molecule has 128 valence electrons. The summed E-state index contributed by atoms with van der Waals surface area (Å²) >= 11 is 0. The van der Waals surface area contributed by atoms with E-state index >= 15 is 0 Å². The number of ether oxygens (including phenoxy) is 1. The fourth-order valence-corrected chi connectivity index (χ4v) is 7.06. The van der Waals surface area contributed by atoms with Gasteiger partial charge < -0.3 is 4.74 Å². The Balaban J connectivity index is 1.99. The normalized spacial score (nSPS) is 24.0. The summed E-state index contributed by atoms with van der Waals surface area (Å²) in [6, 6.07) is 4.33. The summed E-state index contributed by atoms with van der Waals surface area (Å²) in [4.78, 5) is 0.231. The number of sulfone groups is 1. The van der Waals surface area contributed by atoms with Crippen LogP contribution in [-0.4, -0.2) is 51.8 Å². The summed E-state index contributed by atoms with van der Waals surface area (Å²) in [5.41, 5.74) is 0.607. The van der Waals surface area contributed by atoms with Gasteiger partial charge in [-0.1, -0.05) is 0 Å². The quantitative estimate of drug-likeness (QED) is 0.793. The van der Waals surface area contributed by atoms with E-state index in [1.807, 2.05) is 0 Å². The van der Waals surface area contributed by atoms with E-state index in [4.69, 9.17) is 4.74 Å². The number of hydrogen-bond donors (Lipinski definition) is 0. The topological polar surface area (TPSA) is 80.8 Å². The average molecular weight is 359 g/mol. The first-order valence-corrected chi connectivity index (χ1v) is 10.9. The SMILES string of the molecule is COc1ccc(S(=O)(=O)N(C2CC2)[C@@H]2CCS(=O)(=O)C2)c(C)c1. The molecule has 23 heavy (non-hydrogen) atoms. The lowest BCUT2D eigenvalue weighted by atomic mass is 10.2. The number of benzene rings is 1. The Morgan fingerprint density at radius 1 is 1.17 bits per heavy atom. The molecule has 2 fully saturated rings. The third kappa shape index (κ3) is 3.25. The maximum absolute atomic E-state index is 13.1. The highest BCUT2D eigenvalue weighted by Gasteiger charge is 2.46. The maximum Gasteiger partial charge on any atom is 0.243 e. The van der Waals surface area contributed by atoms with Gasteiger partial charge in [0, 0.05) is 12.1 Å². The molecule has 1 saturated carbocycles. The molecule has 6 nitrogen and oxygen atoms in total. The van der Waals surface area contributed by atoms with Gasteiger partial charge in [-0.3, -0.25) is 0 Å². The van der Waals surface area contributed by atoms with Crippen LogP contribution in [0, 0.1) is 6.92 Å². The lowest BCUT2D eigenvalue weighted by Crippen LogP contribution is -2.42. The second-order valence-electron chi connectivity index (χ2n) is 6.25. The van der Waals surface area contributed by atoms with E-state index < -0.39 is 25.9 Å². The van der Waals surface area contributed by atoms with Crippen molar-refractivity contribution >= 4 is 19.9 Å². The van der Waals surface area contributed by atoms with E-state index in [1.54, 1.807) is 25.1 Å². The van der Waals surface area contributed by atoms with Crippen LogP contribution in [0.5, 0.6) is 5.75 Å². The van der Waals surface area contributed by atoms with Crippen LogP contribution in [0.25, 0.3) is 0 Å². The summed E-state index contributed by atoms with van der Waals surface area (Å²) in [5.74, 6) is 0.596. The van der Waals surface area contributed by atoms with Crippen LogP contribution < -0.4 is 4.74 Å². The molecule has 1 aliphatic heterocycles. The molecule has 8 heteroatoms. The Labute approximate surface area is 137 Å². The van der Waals surface area contributed by atoms with Crippen LogP contribution >= 0.6 is 0 Å². The second kappa shape index (κ2) is 5.75. The number of rotatable bonds is 5. The zero-order valence-electron chi connectivity index (χ0n) is 13.2. The first kappa shape index (κ1) is 16.7. The fraction of sp³-hybridized carbons (Fsp3) is 0.600. The molecule has 0 aromatic heterocycles. The average Bonchev–Trinajstić information content (AvgIpc) is 3.22. The van der Waals surface area contributed by atoms with Crippen molar-refractivity contribution in [1.82, 2.24) is 4.31 Å². The minimum Gasteiger partial charge on any atom is -0.497 e. The van der Waals surface area contributed by atoms with Crippen molar-refractivity contribution in [3.05, 3.63) is 23.8 Å². The number of methoxy groups -OCH3 is 1. The molecule has 1 aromatic carbocycles. The highest BCUT2D eigenvalue weighted by Crippen LogP contribution is 2.38. The smallest absolute Gasteiger partial charge is 0.243 e. The van der Waals surface area contributed by atoms with E-state index in [2.05, 4.69) is 0 Å². The summed E-state index contributed by atoms with van der Waals surface area (Å²) in [5, 5.41) is 0. The van der Waals surface area contributed by atoms with Gasteiger partial charge in [-0.25, -0.2) is 16.8 Å². The molecule has 2 aliphatic rings. The van der Waals surface area contributed by atoms with Gasteiger partial charge in [-0.05, 0) is 49.9 Å². The van der Waals surface area contributed by atoms with E-state index in [9.17, 15) is 16.8 Å². The molecule has 1 aromatic rings. The molecule has 0 N–H and O–H groups in total. The Morgan fingerprint density at radius 3 is 2.35 bits per heavy atom. The largest absolute Gasteiger partial charge is 0.497 e. The molecular formula is C15H21NO5S2. The highest BCUT2D eigenvalue weighted by molar-refractivity contribution is 7.92. The van der Waals surface area contributed by atoms with Crippen molar-refractivity contribution in [2.45, 2.75) is 43.2 Å². The molecule has 0 unspecified atom stereocenters. The first-order valence-electron chi connectivity index (χ1n) is 7.63. The van der Waals surface area contributed by atoms with E-state index in [1.165, 1.54) is 11.4 Å². The minimum atomic E-state index is -3.71. The maximum atomic E-state index is 13.1. The Kier molecular flexibility index (Phi) is 4.18. The molecule has 0 spiro atoms. The lowest BCUT2D eigenvalue weighted by Gasteiger charge is -2.28. The summed E-state index contributed by atoms with van der Waals surface area (Å²) < 4.78 is 56.3. The van der Waals surface area contributed by atoms with Gasteiger partial charge in [-0.15, -0.1) is 0 Å². The Morgan fingerprint density at radius 2 is 1.87 bits per heavy atom. The predicted octanol–water partition coefficient (Wildman–Crippen LogP) is 1.34. The summed E-state index contributed by atoms with van der Waals surface area (Å²) in [6.45, 7) is 1.73. The van der Waals surface area contributed by atoms with Crippen LogP contribution in [0.2, 0.25) is 0 Å². The van der Waals surface area contributed by atoms with Gasteiger partial charge in [0.1, 0.15) is 5.75 Å². The zero-order valence-corrected chi connectivity index (χ0v) is 14.9. The Hall–Kier alpha value is -1.12. The number of hydrogen-bond acceptors (Lipinski definition) is 5. The fourth-order valence-electron chi connectivity index (χ4n) is 3.15. The van der Waals surface area contributed by atoms with E-state index in [0.29, 0.717) is 17.7 Å². The number of aryl methyl sites for hydroxylation is 1. The molecular weight excluding hydrogens is 338 g/mol. The van der Waals surface area contributed by atoms with Crippen molar-refractivity contribution in [2.24, 2.45) is 0 Å². The van der Waals surface area contributed by atoms with Gasteiger partial charge >= 0.3 is 0 Å². The number of sulfonamides is 1. The van der Waals surface area contributed by atoms with Crippen molar-refractivity contribution in [1.29, 1.82) is 0 Å². The minimum absolute atomic E-state index is 0.0675. The lowest BCUT2D eigenvalue weighted by molar-refractivity contribution is 0.332. The van der Waals surface area contributed by atoms with Gasteiger partial charge in [0.2, 0.25) is 10.0 Å². The third-order valence-corrected chi connectivity index (χ3v) is 8.33. The van der Waals surface area contributed by atoms with Gasteiger partial charge in [0.05, 0.1) is 23.5 Å². The first-order chi connectivity index (χ1) is 10.7. The van der Waals surface area contributed by atoms with Gasteiger partial charge in [-0.2, -0.15) is 4.31 Å². The zero-order chi connectivity index (χ0) is 16.8. The molecule has 1 heterocycles. The molecule has 3 rings (SSSR count). The van der Waals surface area contributed by atoms with E-state index in [-0.39, 0.29) is 22.4 Å². The van der Waals surface area contributed by atoms with Gasteiger partial charge in [0.15, 0.2) is 9.84 Å². The second-order valence-corrected chi connectivity index (χ2v) is 10.3. The molecule has 1 aliphatic carbocycles. The standard InChI is InChI=1S/C15H21NO5S2/c1-11-9-14(21-2)5-6-15(11)23(19,20)16(12-3-4-12)13-7-8-22(17,18)10-13/h5-6,9,12-13H,3-4,7-8,10H2,1-2H3/t13-/m1/s1. The molecule has 0 radical (unpaired) electrons. The molecule has 1 atom stereocenters. The molecule has 0 amide bonds. The summed E-state index contributed by atoms with van der Waals surface area (Å²) in [7, 11) is -5.32. The third-order valence-electron chi connectivity index (χ3n) is 4.41. The summed E-state index contributed by atoms with van der Waals surface area (Å²) in [6.07, 6.45) is 1.98. The van der Waals surface area contributed by atoms with Crippen LogP contribution in [0.15, 0.2) is 23.1 Å². The van der Waals surface area contributed by atoms with Crippen LogP contribution in [0.4, 0.5) is 0 Å². The van der Waals surface area contributed by atoms with Crippen LogP contribution in [0.1, 0.15) is 24.8 Å². The molecule has 0 bridgehead atoms. The van der Waals surface area contributed by atoms with Crippen molar-refractivity contribution in [2.75, 3.05) is 18.6 Å².